The molecule has 0 radical (unpaired) electrons. The van der Waals surface area contributed by atoms with Crippen LogP contribution >= 0.6 is 47.0 Å². The zero-order valence-corrected chi connectivity index (χ0v) is 19.2. The van der Waals surface area contributed by atoms with Gasteiger partial charge in [0.25, 0.3) is 5.91 Å². The van der Waals surface area contributed by atoms with Crippen molar-refractivity contribution in [3.63, 3.8) is 0 Å². The summed E-state index contributed by atoms with van der Waals surface area (Å²) in [5, 5.41) is 32.3. The lowest BCUT2D eigenvalue weighted by molar-refractivity contribution is -0.152. The Morgan fingerprint density at radius 1 is 1.50 bits per heavy atom. The number of β-lactam (4-membered cyclic amide) rings is 1. The minimum atomic E-state index is -1.22. The SMILES string of the molecule is CSC1(NC(=O)CSCC#N)C(=O)N2C(C(=O)O)=C(CSc3nnnn3C)CSC21. The second kappa shape index (κ2) is 9.50. The molecule has 11 nitrogen and oxygen atoms in total. The van der Waals surface area contributed by atoms with Gasteiger partial charge in [0, 0.05) is 18.6 Å². The van der Waals surface area contributed by atoms with Crippen LogP contribution in [0, 0.1) is 11.3 Å². The van der Waals surface area contributed by atoms with Gasteiger partial charge in [-0.15, -0.1) is 40.4 Å². The molecular weight excluding hydrogens is 470 g/mol. The van der Waals surface area contributed by atoms with E-state index in [4.69, 9.17) is 5.26 Å². The predicted octanol–water partition coefficient (Wildman–Crippen LogP) is -0.0117. The lowest BCUT2D eigenvalue weighted by Crippen LogP contribution is -2.78. The molecule has 2 unspecified atom stereocenters. The Morgan fingerprint density at radius 2 is 2.27 bits per heavy atom. The molecule has 160 valence electrons. The van der Waals surface area contributed by atoms with Gasteiger partial charge < -0.3 is 10.4 Å². The van der Waals surface area contributed by atoms with Crippen molar-refractivity contribution in [2.24, 2.45) is 7.05 Å². The highest BCUT2D eigenvalue weighted by atomic mass is 32.2. The highest BCUT2D eigenvalue weighted by Gasteiger charge is 2.65. The van der Waals surface area contributed by atoms with E-state index in [-0.39, 0.29) is 23.1 Å². The Morgan fingerprint density at radius 3 is 2.87 bits per heavy atom. The first kappa shape index (κ1) is 22.8. The van der Waals surface area contributed by atoms with E-state index in [1.807, 2.05) is 6.07 Å². The van der Waals surface area contributed by atoms with E-state index in [0.717, 1.165) is 11.8 Å². The molecule has 0 aliphatic carbocycles. The van der Waals surface area contributed by atoms with Crippen molar-refractivity contribution >= 4 is 64.8 Å². The van der Waals surface area contributed by atoms with Crippen molar-refractivity contribution in [3.05, 3.63) is 11.3 Å². The Labute approximate surface area is 188 Å². The summed E-state index contributed by atoms with van der Waals surface area (Å²) in [6, 6.07) is 1.94. The van der Waals surface area contributed by atoms with Gasteiger partial charge in [0.2, 0.25) is 11.1 Å². The van der Waals surface area contributed by atoms with Gasteiger partial charge in [0.05, 0.1) is 17.6 Å². The number of aryl methyl sites for hydroxylation is 1. The fourth-order valence-corrected chi connectivity index (χ4v) is 7.05. The molecule has 0 bridgehead atoms. The second-order valence-corrected chi connectivity index (χ2v) is 10.2. The molecule has 2 amide bonds. The summed E-state index contributed by atoms with van der Waals surface area (Å²) in [4.78, 5) is 37.3. The number of hydrogen-bond donors (Lipinski definition) is 2. The van der Waals surface area contributed by atoms with Gasteiger partial charge in [0.1, 0.15) is 11.1 Å². The van der Waals surface area contributed by atoms with E-state index < -0.39 is 22.1 Å². The van der Waals surface area contributed by atoms with Crippen molar-refractivity contribution in [2.45, 2.75) is 15.4 Å². The normalized spacial score (nSPS) is 22.9. The standard InChI is InChI=1S/C15H17N7O4S4/c1-21-14(18-19-20-21)30-6-8-5-29-13-15(27-2,17-9(23)7-28-4-3-16)12(26)22(13)10(8)11(24)25/h13H,4-7H2,1-2H3,(H,17,23)(H,24,25). The Hall–Kier alpha value is -1.89. The number of carboxylic acid groups (broad SMARTS) is 1. The molecule has 0 saturated carbocycles. The highest BCUT2D eigenvalue weighted by molar-refractivity contribution is 8.05. The number of carboxylic acids is 1. The number of hydrogen-bond acceptors (Lipinski definition) is 11. The first-order valence-corrected chi connectivity index (χ1v) is 12.8. The van der Waals surface area contributed by atoms with Gasteiger partial charge in [-0.2, -0.15) is 5.26 Å². The van der Waals surface area contributed by atoms with Gasteiger partial charge in [-0.05, 0) is 22.3 Å². The van der Waals surface area contributed by atoms with Crippen molar-refractivity contribution in [2.75, 3.05) is 29.3 Å². The summed E-state index contributed by atoms with van der Waals surface area (Å²) in [7, 11) is 1.68. The summed E-state index contributed by atoms with van der Waals surface area (Å²) in [6.45, 7) is 0. The van der Waals surface area contributed by atoms with E-state index in [1.165, 1.54) is 44.9 Å². The number of aromatic nitrogens is 4. The van der Waals surface area contributed by atoms with E-state index in [1.54, 1.807) is 13.3 Å². The zero-order chi connectivity index (χ0) is 21.9. The first-order valence-electron chi connectivity index (χ1n) is 8.42. The summed E-state index contributed by atoms with van der Waals surface area (Å²) in [6.07, 6.45) is 1.70. The van der Waals surface area contributed by atoms with Crippen molar-refractivity contribution in [1.29, 1.82) is 5.26 Å². The molecule has 0 spiro atoms. The number of rotatable bonds is 9. The molecule has 1 aromatic rings. The molecule has 3 heterocycles. The van der Waals surface area contributed by atoms with E-state index in [2.05, 4.69) is 20.8 Å². The van der Waals surface area contributed by atoms with E-state index >= 15 is 0 Å². The lowest BCUT2D eigenvalue weighted by Gasteiger charge is -2.56. The number of amides is 2. The van der Waals surface area contributed by atoms with Crippen molar-refractivity contribution in [3.8, 4) is 6.07 Å². The van der Waals surface area contributed by atoms with Crippen LogP contribution in [-0.4, -0.2) is 87.5 Å². The number of carbonyl (C=O) groups is 3. The van der Waals surface area contributed by atoms with Gasteiger partial charge >= 0.3 is 5.97 Å². The van der Waals surface area contributed by atoms with Crippen molar-refractivity contribution < 1.29 is 19.5 Å². The van der Waals surface area contributed by atoms with Gasteiger partial charge in [-0.25, -0.2) is 9.48 Å². The van der Waals surface area contributed by atoms with Crippen LogP contribution in [0.15, 0.2) is 16.4 Å². The maximum absolute atomic E-state index is 13.0. The molecule has 1 saturated heterocycles. The first-order chi connectivity index (χ1) is 14.4. The monoisotopic (exact) mass is 487 g/mol. The van der Waals surface area contributed by atoms with Gasteiger partial charge in [-0.3, -0.25) is 14.5 Å². The minimum absolute atomic E-state index is 0.0514. The lowest BCUT2D eigenvalue weighted by atomic mass is 10.0. The fraction of sp³-hybridized carbons (Fsp3) is 0.533. The summed E-state index contributed by atoms with van der Waals surface area (Å²) in [5.41, 5.74) is 0.542. The number of nitrogens with one attached hydrogen (secondary N) is 1. The number of thioether (sulfide) groups is 4. The Balaban J connectivity index is 1.78. The molecule has 2 N–H and O–H groups in total. The molecule has 15 heteroatoms. The molecule has 2 aliphatic heterocycles. The second-order valence-electron chi connectivity index (χ2n) is 6.11. The molecule has 0 aromatic carbocycles. The summed E-state index contributed by atoms with van der Waals surface area (Å²) in [5.74, 6) is -1.08. The molecule has 2 atom stereocenters. The molecule has 1 fully saturated rings. The van der Waals surface area contributed by atoms with Crippen molar-refractivity contribution in [1.82, 2.24) is 30.4 Å². The number of aliphatic carboxylic acids is 1. The number of tetrazole rings is 1. The number of nitriles is 1. The summed E-state index contributed by atoms with van der Waals surface area (Å²) < 4.78 is 1.48. The van der Waals surface area contributed by atoms with Gasteiger partial charge in [-0.1, -0.05) is 11.8 Å². The van der Waals surface area contributed by atoms with E-state index in [9.17, 15) is 19.5 Å². The fourth-order valence-electron chi connectivity index (χ4n) is 2.98. The molecule has 30 heavy (non-hydrogen) atoms. The maximum atomic E-state index is 13.0. The van der Waals surface area contributed by atoms with Crippen LogP contribution in [0.2, 0.25) is 0 Å². The van der Waals surface area contributed by atoms with Crippen LogP contribution in [0.25, 0.3) is 0 Å². The van der Waals surface area contributed by atoms with Crippen LogP contribution in [0.1, 0.15) is 0 Å². The average molecular weight is 488 g/mol. The molecular formula is C15H17N7O4S4. The maximum Gasteiger partial charge on any atom is 0.352 e. The number of fused-ring (bicyclic) bond motifs is 1. The topological polar surface area (TPSA) is 154 Å². The molecule has 3 rings (SSSR count). The van der Waals surface area contributed by atoms with Crippen LogP contribution in [0.3, 0.4) is 0 Å². The van der Waals surface area contributed by atoms with E-state index in [0.29, 0.717) is 22.2 Å². The summed E-state index contributed by atoms with van der Waals surface area (Å²) >= 11 is 5.03. The number of carbonyl (C=O) groups excluding carboxylic acids is 2. The quantitative estimate of drug-likeness (QED) is 0.208. The Kier molecular flexibility index (Phi) is 7.22. The zero-order valence-electron chi connectivity index (χ0n) is 15.9. The average Bonchev–Trinajstić information content (AvgIpc) is 3.14. The van der Waals surface area contributed by atoms with Crippen LogP contribution < -0.4 is 5.32 Å². The Bertz CT molecular complexity index is 946. The minimum Gasteiger partial charge on any atom is -0.477 e. The third-order valence-electron chi connectivity index (χ3n) is 4.32. The van der Waals surface area contributed by atoms with Crippen LogP contribution in [0.5, 0.6) is 0 Å². The number of nitrogens with zero attached hydrogens (tertiary/aromatic N) is 6. The van der Waals surface area contributed by atoms with Crippen LogP contribution in [-0.2, 0) is 21.4 Å². The third kappa shape index (κ3) is 4.13. The highest BCUT2D eigenvalue weighted by Crippen LogP contribution is 2.51. The van der Waals surface area contributed by atoms with Crippen LogP contribution in [0.4, 0.5) is 0 Å². The third-order valence-corrected chi connectivity index (χ3v) is 8.90. The van der Waals surface area contributed by atoms with Gasteiger partial charge in [0.15, 0.2) is 4.87 Å². The molecule has 1 aromatic heterocycles. The largest absolute Gasteiger partial charge is 0.477 e. The predicted molar refractivity (Wildman–Crippen MR) is 115 cm³/mol. The smallest absolute Gasteiger partial charge is 0.352 e. The molecule has 2 aliphatic rings.